The first-order valence-corrected chi connectivity index (χ1v) is 6.76. The SMILES string of the molecule is C1CCC(N2CCC3(CCCO3)C2)CC1. The third kappa shape index (κ3) is 1.94. The van der Waals surface area contributed by atoms with E-state index in [-0.39, 0.29) is 5.60 Å². The maximum atomic E-state index is 5.98. The minimum Gasteiger partial charge on any atom is -0.374 e. The van der Waals surface area contributed by atoms with Crippen LogP contribution in [0.1, 0.15) is 51.4 Å². The second kappa shape index (κ2) is 4.06. The summed E-state index contributed by atoms with van der Waals surface area (Å²) >= 11 is 0. The number of ether oxygens (including phenoxy) is 1. The van der Waals surface area contributed by atoms with Crippen LogP contribution >= 0.6 is 0 Å². The molecule has 2 heterocycles. The van der Waals surface area contributed by atoms with E-state index in [2.05, 4.69) is 4.90 Å². The van der Waals surface area contributed by atoms with E-state index >= 15 is 0 Å². The summed E-state index contributed by atoms with van der Waals surface area (Å²) in [7, 11) is 0. The van der Waals surface area contributed by atoms with E-state index in [1.54, 1.807) is 0 Å². The smallest absolute Gasteiger partial charge is 0.0821 e. The average molecular weight is 209 g/mol. The molecule has 86 valence electrons. The molecule has 1 unspecified atom stereocenters. The van der Waals surface area contributed by atoms with E-state index in [4.69, 9.17) is 4.74 Å². The molecule has 15 heavy (non-hydrogen) atoms. The van der Waals surface area contributed by atoms with Crippen molar-refractivity contribution in [3.8, 4) is 0 Å². The Balaban J connectivity index is 1.60. The topological polar surface area (TPSA) is 12.5 Å². The summed E-state index contributed by atoms with van der Waals surface area (Å²) in [6.07, 6.45) is 11.2. The van der Waals surface area contributed by atoms with Crippen molar-refractivity contribution in [2.24, 2.45) is 0 Å². The summed E-state index contributed by atoms with van der Waals surface area (Å²) < 4.78 is 5.98. The number of likely N-dealkylation sites (tertiary alicyclic amines) is 1. The van der Waals surface area contributed by atoms with E-state index in [1.165, 1.54) is 64.5 Å². The fourth-order valence-corrected chi connectivity index (χ4v) is 3.71. The van der Waals surface area contributed by atoms with Crippen LogP contribution in [0, 0.1) is 0 Å². The molecule has 3 rings (SSSR count). The first-order valence-electron chi connectivity index (χ1n) is 6.76. The lowest BCUT2D eigenvalue weighted by atomic mass is 9.94. The van der Waals surface area contributed by atoms with Crippen LogP contribution in [0.5, 0.6) is 0 Å². The zero-order valence-electron chi connectivity index (χ0n) is 9.71. The Kier molecular flexibility index (Phi) is 2.73. The van der Waals surface area contributed by atoms with Crippen molar-refractivity contribution in [1.82, 2.24) is 4.90 Å². The van der Waals surface area contributed by atoms with Gasteiger partial charge >= 0.3 is 0 Å². The third-order valence-corrected chi connectivity index (χ3v) is 4.62. The van der Waals surface area contributed by atoms with Gasteiger partial charge in [-0.3, -0.25) is 4.90 Å². The van der Waals surface area contributed by atoms with Crippen molar-refractivity contribution in [3.05, 3.63) is 0 Å². The van der Waals surface area contributed by atoms with E-state index in [0.29, 0.717) is 0 Å². The quantitative estimate of drug-likeness (QED) is 0.658. The second-order valence-corrected chi connectivity index (χ2v) is 5.65. The molecule has 0 aromatic carbocycles. The van der Waals surface area contributed by atoms with Crippen LogP contribution in [0.25, 0.3) is 0 Å². The van der Waals surface area contributed by atoms with Crippen LogP contribution < -0.4 is 0 Å². The van der Waals surface area contributed by atoms with Gasteiger partial charge in [-0.15, -0.1) is 0 Å². The van der Waals surface area contributed by atoms with Gasteiger partial charge in [0.05, 0.1) is 5.60 Å². The van der Waals surface area contributed by atoms with Gasteiger partial charge < -0.3 is 4.74 Å². The first-order chi connectivity index (χ1) is 7.38. The largest absolute Gasteiger partial charge is 0.374 e. The molecule has 0 aromatic rings. The van der Waals surface area contributed by atoms with Gasteiger partial charge in [0.2, 0.25) is 0 Å². The van der Waals surface area contributed by atoms with Crippen LogP contribution in [-0.4, -0.2) is 36.2 Å². The second-order valence-electron chi connectivity index (χ2n) is 5.65. The molecule has 1 aliphatic carbocycles. The fraction of sp³-hybridized carbons (Fsp3) is 1.00. The molecule has 0 aromatic heterocycles. The molecule has 2 saturated heterocycles. The highest BCUT2D eigenvalue weighted by molar-refractivity contribution is 4.96. The van der Waals surface area contributed by atoms with E-state index in [9.17, 15) is 0 Å². The normalized spacial score (nSPS) is 39.2. The van der Waals surface area contributed by atoms with Gasteiger partial charge in [-0.1, -0.05) is 19.3 Å². The van der Waals surface area contributed by atoms with Gasteiger partial charge in [0, 0.05) is 25.7 Å². The maximum Gasteiger partial charge on any atom is 0.0821 e. The van der Waals surface area contributed by atoms with Crippen molar-refractivity contribution in [2.45, 2.75) is 63.0 Å². The van der Waals surface area contributed by atoms with Gasteiger partial charge in [0.15, 0.2) is 0 Å². The minimum absolute atomic E-state index is 0.289. The Labute approximate surface area is 93.0 Å². The average Bonchev–Trinajstić information content (AvgIpc) is 2.91. The standard InChI is InChI=1S/C13H23NO/c1-2-5-12(6-3-1)14-9-8-13(11-14)7-4-10-15-13/h12H,1-11H2. The summed E-state index contributed by atoms with van der Waals surface area (Å²) in [5.74, 6) is 0. The number of rotatable bonds is 1. The molecule has 1 spiro atoms. The number of nitrogens with zero attached hydrogens (tertiary/aromatic N) is 1. The summed E-state index contributed by atoms with van der Waals surface area (Å²) in [5.41, 5.74) is 0.289. The van der Waals surface area contributed by atoms with Gasteiger partial charge in [0.25, 0.3) is 0 Å². The fourth-order valence-electron chi connectivity index (χ4n) is 3.71. The third-order valence-electron chi connectivity index (χ3n) is 4.62. The molecule has 0 N–H and O–H groups in total. The molecule has 0 amide bonds. The molecule has 2 nitrogen and oxygen atoms in total. The molecule has 3 fully saturated rings. The highest BCUT2D eigenvalue weighted by Gasteiger charge is 2.43. The molecular weight excluding hydrogens is 186 g/mol. The van der Waals surface area contributed by atoms with Crippen molar-refractivity contribution in [2.75, 3.05) is 19.7 Å². The van der Waals surface area contributed by atoms with E-state index in [0.717, 1.165) is 12.6 Å². The summed E-state index contributed by atoms with van der Waals surface area (Å²) in [6, 6.07) is 0.891. The molecule has 0 radical (unpaired) electrons. The van der Waals surface area contributed by atoms with Crippen LogP contribution in [-0.2, 0) is 4.74 Å². The Bertz CT molecular complexity index is 217. The predicted molar refractivity (Wildman–Crippen MR) is 61.0 cm³/mol. The highest BCUT2D eigenvalue weighted by Crippen LogP contribution is 2.37. The lowest BCUT2D eigenvalue weighted by molar-refractivity contribution is 0.00744. The van der Waals surface area contributed by atoms with Gasteiger partial charge in [0.1, 0.15) is 0 Å². The van der Waals surface area contributed by atoms with E-state index in [1.807, 2.05) is 0 Å². The maximum absolute atomic E-state index is 5.98. The number of hydrogen-bond acceptors (Lipinski definition) is 2. The Morgan fingerprint density at radius 3 is 2.60 bits per heavy atom. The summed E-state index contributed by atoms with van der Waals surface area (Å²) in [5, 5.41) is 0. The highest BCUT2D eigenvalue weighted by atomic mass is 16.5. The lowest BCUT2D eigenvalue weighted by Crippen LogP contribution is -2.39. The zero-order chi connectivity index (χ0) is 10.1. The monoisotopic (exact) mass is 209 g/mol. The molecule has 2 heteroatoms. The van der Waals surface area contributed by atoms with Gasteiger partial charge in [-0.2, -0.15) is 0 Å². The minimum atomic E-state index is 0.289. The Morgan fingerprint density at radius 2 is 1.87 bits per heavy atom. The van der Waals surface area contributed by atoms with Crippen molar-refractivity contribution < 1.29 is 4.74 Å². The molecule has 3 aliphatic rings. The summed E-state index contributed by atoms with van der Waals surface area (Å²) in [6.45, 7) is 3.54. The predicted octanol–water partition coefficient (Wildman–Crippen LogP) is 2.57. The van der Waals surface area contributed by atoms with Crippen LogP contribution in [0.4, 0.5) is 0 Å². The Morgan fingerprint density at radius 1 is 1.00 bits per heavy atom. The van der Waals surface area contributed by atoms with Crippen LogP contribution in [0.15, 0.2) is 0 Å². The molecule has 2 aliphatic heterocycles. The van der Waals surface area contributed by atoms with Crippen LogP contribution in [0.2, 0.25) is 0 Å². The molecular formula is C13H23NO. The molecule has 1 saturated carbocycles. The number of hydrogen-bond donors (Lipinski definition) is 0. The van der Waals surface area contributed by atoms with Crippen molar-refractivity contribution in [1.29, 1.82) is 0 Å². The first kappa shape index (κ1) is 10.1. The van der Waals surface area contributed by atoms with E-state index < -0.39 is 0 Å². The molecule has 0 bridgehead atoms. The Hall–Kier alpha value is -0.0800. The van der Waals surface area contributed by atoms with Gasteiger partial charge in [-0.05, 0) is 32.1 Å². The van der Waals surface area contributed by atoms with Gasteiger partial charge in [-0.25, -0.2) is 0 Å². The van der Waals surface area contributed by atoms with Crippen molar-refractivity contribution >= 4 is 0 Å². The summed E-state index contributed by atoms with van der Waals surface area (Å²) in [4.78, 5) is 2.73. The van der Waals surface area contributed by atoms with Crippen molar-refractivity contribution in [3.63, 3.8) is 0 Å². The van der Waals surface area contributed by atoms with Crippen LogP contribution in [0.3, 0.4) is 0 Å². The molecule has 1 atom stereocenters. The lowest BCUT2D eigenvalue weighted by Gasteiger charge is -2.32. The zero-order valence-corrected chi connectivity index (χ0v) is 9.71.